The highest BCUT2D eigenvalue weighted by atomic mass is 32.1. The molecule has 33 heavy (non-hydrogen) atoms. The number of aromatic nitrogens is 4. The van der Waals surface area contributed by atoms with E-state index in [-0.39, 0.29) is 0 Å². The molecular formula is C24H32N8S. The fourth-order valence-electron chi connectivity index (χ4n) is 4.59. The van der Waals surface area contributed by atoms with Crippen molar-refractivity contribution in [3.05, 3.63) is 36.3 Å². The van der Waals surface area contributed by atoms with Crippen molar-refractivity contribution in [3.8, 4) is 10.6 Å². The van der Waals surface area contributed by atoms with Gasteiger partial charge in [0.1, 0.15) is 5.82 Å². The molecule has 2 aliphatic rings. The molecule has 0 spiro atoms. The second-order valence-electron chi connectivity index (χ2n) is 9.04. The Hall–Kier alpha value is -2.78. The Morgan fingerprint density at radius 3 is 2.55 bits per heavy atom. The third kappa shape index (κ3) is 4.94. The molecule has 1 aliphatic carbocycles. The van der Waals surface area contributed by atoms with Gasteiger partial charge in [-0.2, -0.15) is 0 Å². The number of hydrogen-bond donors (Lipinski definition) is 1. The molecule has 0 amide bonds. The van der Waals surface area contributed by atoms with Gasteiger partial charge >= 0.3 is 0 Å². The second-order valence-corrected chi connectivity index (χ2v) is 10.0. The highest BCUT2D eigenvalue weighted by Crippen LogP contribution is 2.36. The SMILES string of the molecule is Cc1nc(N(C)C2CCCC2)sc1-c1ccnc(Nc2ccc(N3CCN(C)CC3)cn2)n1. The number of hydrogen-bond acceptors (Lipinski definition) is 9. The molecule has 5 rings (SSSR count). The monoisotopic (exact) mass is 464 g/mol. The van der Waals surface area contributed by atoms with E-state index < -0.39 is 0 Å². The van der Waals surface area contributed by atoms with Crippen LogP contribution in [0.3, 0.4) is 0 Å². The Balaban J connectivity index is 1.29. The number of likely N-dealkylation sites (N-methyl/N-ethyl adjacent to an activating group) is 1. The third-order valence-electron chi connectivity index (χ3n) is 6.70. The smallest absolute Gasteiger partial charge is 0.228 e. The van der Waals surface area contributed by atoms with Gasteiger partial charge in [0.05, 0.1) is 28.1 Å². The molecule has 8 nitrogen and oxygen atoms in total. The maximum atomic E-state index is 4.85. The van der Waals surface area contributed by atoms with Crippen LogP contribution >= 0.6 is 11.3 Å². The molecule has 3 aromatic rings. The molecule has 1 N–H and O–H groups in total. The van der Waals surface area contributed by atoms with Crippen molar-refractivity contribution in [2.75, 3.05) is 55.4 Å². The van der Waals surface area contributed by atoms with Crippen molar-refractivity contribution in [1.29, 1.82) is 0 Å². The van der Waals surface area contributed by atoms with Crippen LogP contribution in [0.5, 0.6) is 0 Å². The molecule has 0 aromatic carbocycles. The fraction of sp³-hybridized carbons (Fsp3) is 0.500. The van der Waals surface area contributed by atoms with E-state index in [1.807, 2.05) is 18.3 Å². The van der Waals surface area contributed by atoms with E-state index in [1.165, 1.54) is 25.7 Å². The summed E-state index contributed by atoms with van der Waals surface area (Å²) < 4.78 is 0. The summed E-state index contributed by atoms with van der Waals surface area (Å²) >= 11 is 1.71. The van der Waals surface area contributed by atoms with Crippen molar-refractivity contribution in [2.45, 2.75) is 38.6 Å². The Morgan fingerprint density at radius 2 is 1.82 bits per heavy atom. The lowest BCUT2D eigenvalue weighted by Crippen LogP contribution is -2.44. The first kappa shape index (κ1) is 22.0. The molecule has 2 fully saturated rings. The molecule has 1 aliphatic heterocycles. The summed E-state index contributed by atoms with van der Waals surface area (Å²) in [5, 5.41) is 4.33. The highest BCUT2D eigenvalue weighted by molar-refractivity contribution is 7.19. The minimum atomic E-state index is 0.547. The number of piperazine rings is 1. The normalized spacial score (nSPS) is 17.5. The molecule has 0 unspecified atom stereocenters. The van der Waals surface area contributed by atoms with Gasteiger partial charge in [0.25, 0.3) is 0 Å². The summed E-state index contributed by atoms with van der Waals surface area (Å²) in [6.45, 7) is 6.28. The lowest BCUT2D eigenvalue weighted by atomic mass is 10.2. The van der Waals surface area contributed by atoms with Crippen LogP contribution in [0.4, 0.5) is 22.6 Å². The van der Waals surface area contributed by atoms with E-state index in [1.54, 1.807) is 17.5 Å². The molecule has 1 saturated heterocycles. The van der Waals surface area contributed by atoms with Crippen molar-refractivity contribution in [3.63, 3.8) is 0 Å². The van der Waals surface area contributed by atoms with E-state index >= 15 is 0 Å². The number of aryl methyl sites for hydroxylation is 1. The van der Waals surface area contributed by atoms with Crippen LogP contribution < -0.4 is 15.1 Å². The summed E-state index contributed by atoms with van der Waals surface area (Å²) in [5.41, 5.74) is 3.06. The first-order valence-electron chi connectivity index (χ1n) is 11.8. The molecule has 1 saturated carbocycles. The molecule has 0 bridgehead atoms. The quantitative estimate of drug-likeness (QED) is 0.583. The summed E-state index contributed by atoms with van der Waals surface area (Å²) in [5.74, 6) is 1.29. The van der Waals surface area contributed by atoms with Crippen LogP contribution in [-0.2, 0) is 0 Å². The summed E-state index contributed by atoms with van der Waals surface area (Å²) in [6.07, 6.45) is 8.87. The van der Waals surface area contributed by atoms with Gasteiger partial charge in [0, 0.05) is 45.5 Å². The third-order valence-corrected chi connectivity index (χ3v) is 7.97. The first-order valence-corrected chi connectivity index (χ1v) is 12.6. The largest absolute Gasteiger partial charge is 0.368 e. The van der Waals surface area contributed by atoms with Gasteiger partial charge < -0.3 is 20.0 Å². The minimum absolute atomic E-state index is 0.547. The van der Waals surface area contributed by atoms with Gasteiger partial charge in [-0.1, -0.05) is 24.2 Å². The number of nitrogens with one attached hydrogen (secondary N) is 1. The lowest BCUT2D eigenvalue weighted by molar-refractivity contribution is 0.313. The highest BCUT2D eigenvalue weighted by Gasteiger charge is 2.23. The standard InChI is InChI=1S/C24H32N8S/c1-17-22(33-24(27-17)31(3)18-6-4-5-7-18)20-10-11-25-23(28-20)29-21-9-8-19(16-26-21)32-14-12-30(2)13-15-32/h8-11,16,18H,4-7,12-15H2,1-3H3,(H,25,26,28,29). The van der Waals surface area contributed by atoms with Crippen molar-refractivity contribution in [1.82, 2.24) is 24.8 Å². The average molecular weight is 465 g/mol. The van der Waals surface area contributed by atoms with Gasteiger partial charge in [-0.25, -0.2) is 19.9 Å². The maximum absolute atomic E-state index is 4.85. The fourth-order valence-corrected chi connectivity index (χ4v) is 5.66. The number of pyridine rings is 1. The van der Waals surface area contributed by atoms with E-state index in [0.29, 0.717) is 12.0 Å². The van der Waals surface area contributed by atoms with Crippen LogP contribution in [0.2, 0.25) is 0 Å². The first-order chi connectivity index (χ1) is 16.1. The molecule has 4 heterocycles. The van der Waals surface area contributed by atoms with Gasteiger partial charge in [-0.15, -0.1) is 0 Å². The molecular weight excluding hydrogens is 432 g/mol. The summed E-state index contributed by atoms with van der Waals surface area (Å²) in [4.78, 5) is 26.8. The van der Waals surface area contributed by atoms with Crippen molar-refractivity contribution in [2.24, 2.45) is 0 Å². The van der Waals surface area contributed by atoms with Gasteiger partial charge in [0.15, 0.2) is 5.13 Å². The molecule has 174 valence electrons. The van der Waals surface area contributed by atoms with Crippen molar-refractivity contribution >= 4 is 33.9 Å². The Labute approximate surface area is 199 Å². The molecule has 9 heteroatoms. The molecule has 0 atom stereocenters. The maximum Gasteiger partial charge on any atom is 0.228 e. The predicted molar refractivity (Wildman–Crippen MR) is 136 cm³/mol. The topological polar surface area (TPSA) is 73.3 Å². The molecule has 3 aromatic heterocycles. The zero-order chi connectivity index (χ0) is 22.8. The number of anilines is 4. The van der Waals surface area contributed by atoms with Crippen LogP contribution in [0, 0.1) is 6.92 Å². The zero-order valence-electron chi connectivity index (χ0n) is 19.7. The second kappa shape index (κ2) is 9.61. The van der Waals surface area contributed by atoms with Crippen LogP contribution in [-0.4, -0.2) is 71.2 Å². The Bertz CT molecular complexity index is 1070. The Morgan fingerprint density at radius 1 is 1.03 bits per heavy atom. The average Bonchev–Trinajstić information content (AvgIpc) is 3.50. The van der Waals surface area contributed by atoms with E-state index in [9.17, 15) is 0 Å². The zero-order valence-corrected chi connectivity index (χ0v) is 20.5. The number of rotatable bonds is 6. The van der Waals surface area contributed by atoms with Gasteiger partial charge in [0.2, 0.25) is 5.95 Å². The van der Waals surface area contributed by atoms with E-state index in [2.05, 4.69) is 57.1 Å². The van der Waals surface area contributed by atoms with Gasteiger partial charge in [-0.05, 0) is 45.0 Å². The summed E-state index contributed by atoms with van der Waals surface area (Å²) in [6, 6.07) is 6.67. The number of thiazole rings is 1. The van der Waals surface area contributed by atoms with Gasteiger partial charge in [-0.3, -0.25) is 0 Å². The van der Waals surface area contributed by atoms with Crippen molar-refractivity contribution < 1.29 is 0 Å². The lowest BCUT2D eigenvalue weighted by Gasteiger charge is -2.33. The van der Waals surface area contributed by atoms with E-state index in [0.717, 1.165) is 59.1 Å². The number of nitrogens with zero attached hydrogens (tertiary/aromatic N) is 7. The predicted octanol–water partition coefficient (Wildman–Crippen LogP) is 4.18. The minimum Gasteiger partial charge on any atom is -0.368 e. The van der Waals surface area contributed by atoms with Crippen LogP contribution in [0.25, 0.3) is 10.6 Å². The van der Waals surface area contributed by atoms with Crippen LogP contribution in [0.1, 0.15) is 31.4 Å². The Kier molecular flexibility index (Phi) is 6.41. The summed E-state index contributed by atoms with van der Waals surface area (Å²) in [7, 11) is 4.33. The van der Waals surface area contributed by atoms with Crippen LogP contribution in [0.15, 0.2) is 30.6 Å². The molecule has 0 radical (unpaired) electrons. The van der Waals surface area contributed by atoms with E-state index in [4.69, 9.17) is 9.97 Å².